The predicted molar refractivity (Wildman–Crippen MR) is 121 cm³/mol. The van der Waals surface area contributed by atoms with Gasteiger partial charge in [0.1, 0.15) is 5.75 Å². The Labute approximate surface area is 187 Å². The molecule has 29 heavy (non-hydrogen) atoms. The molecule has 0 saturated carbocycles. The van der Waals surface area contributed by atoms with Crippen LogP contribution in [-0.2, 0) is 4.79 Å². The SMILES string of the molecule is C/C(=N\NC(=S)N1CCC(C(=O)O)CC1)c1csc(-c2ccc(Cl)c(Cl)c2)c1O. The molecule has 10 heteroatoms. The molecule has 1 aliphatic rings. The fourth-order valence-corrected chi connectivity index (χ4v) is 4.57. The fourth-order valence-electron chi connectivity index (χ4n) is 3.04. The molecule has 2 heterocycles. The van der Waals surface area contributed by atoms with Gasteiger partial charge in [-0.05, 0) is 49.7 Å². The van der Waals surface area contributed by atoms with E-state index in [4.69, 9.17) is 40.5 Å². The third kappa shape index (κ3) is 5.01. The number of aromatic hydroxyl groups is 1. The fraction of sp³-hybridized carbons (Fsp3) is 0.316. The van der Waals surface area contributed by atoms with Gasteiger partial charge in [-0.2, -0.15) is 5.10 Å². The number of halogens is 2. The number of thiocarbonyl (C=S) groups is 1. The van der Waals surface area contributed by atoms with Crippen molar-refractivity contribution in [2.24, 2.45) is 11.0 Å². The predicted octanol–water partition coefficient (Wildman–Crippen LogP) is 4.82. The Hall–Kier alpha value is -1.87. The van der Waals surface area contributed by atoms with Crippen molar-refractivity contribution in [2.45, 2.75) is 19.8 Å². The molecule has 0 atom stereocenters. The maximum atomic E-state index is 11.0. The molecule has 0 bridgehead atoms. The molecule has 0 unspecified atom stereocenters. The van der Waals surface area contributed by atoms with Crippen LogP contribution in [0.5, 0.6) is 5.75 Å². The highest BCUT2D eigenvalue weighted by atomic mass is 35.5. The van der Waals surface area contributed by atoms with Gasteiger partial charge in [0.2, 0.25) is 0 Å². The minimum absolute atomic E-state index is 0.115. The van der Waals surface area contributed by atoms with E-state index in [0.29, 0.717) is 57.2 Å². The Morgan fingerprint density at radius 2 is 2.00 bits per heavy atom. The standard InChI is InChI=1S/C19H19Cl2N3O3S2/c1-10(22-23-19(28)24-6-4-11(5-7-24)18(26)27)13-9-29-17(16(13)25)12-2-3-14(20)15(21)8-12/h2-3,8-9,11,25H,4-7H2,1H3,(H,23,28)(H,26,27)/b22-10+. The number of thiophene rings is 1. The molecule has 0 amide bonds. The van der Waals surface area contributed by atoms with E-state index in [1.807, 2.05) is 10.3 Å². The highest BCUT2D eigenvalue weighted by Gasteiger charge is 2.25. The summed E-state index contributed by atoms with van der Waals surface area (Å²) in [5, 5.41) is 27.1. The van der Waals surface area contributed by atoms with Crippen LogP contribution in [0.4, 0.5) is 0 Å². The Kier molecular flexibility index (Phi) is 7.00. The zero-order valence-corrected chi connectivity index (χ0v) is 18.6. The smallest absolute Gasteiger partial charge is 0.306 e. The number of hydrogen-bond donors (Lipinski definition) is 3. The lowest BCUT2D eigenvalue weighted by atomic mass is 9.97. The number of rotatable bonds is 4. The molecule has 1 fully saturated rings. The topological polar surface area (TPSA) is 85.2 Å². The second kappa shape index (κ2) is 9.30. The van der Waals surface area contributed by atoms with Crippen molar-refractivity contribution in [1.29, 1.82) is 0 Å². The van der Waals surface area contributed by atoms with Crippen LogP contribution < -0.4 is 5.43 Å². The summed E-state index contributed by atoms with van der Waals surface area (Å²) in [5.74, 6) is -0.963. The first-order chi connectivity index (χ1) is 13.8. The third-order valence-corrected chi connectivity index (χ3v) is 6.89. The summed E-state index contributed by atoms with van der Waals surface area (Å²) in [4.78, 5) is 13.6. The number of carboxylic acids is 1. The summed E-state index contributed by atoms with van der Waals surface area (Å²) in [5.41, 5.74) is 4.78. The second-order valence-corrected chi connectivity index (χ2v) is 8.75. The Bertz CT molecular complexity index is 970. The van der Waals surface area contributed by atoms with Gasteiger partial charge in [-0.25, -0.2) is 0 Å². The lowest BCUT2D eigenvalue weighted by Gasteiger charge is -2.31. The average molecular weight is 472 g/mol. The molecule has 1 aromatic carbocycles. The first-order valence-corrected chi connectivity index (χ1v) is 10.9. The molecule has 2 aromatic rings. The van der Waals surface area contributed by atoms with E-state index in [2.05, 4.69) is 10.5 Å². The molecule has 0 spiro atoms. The van der Waals surface area contributed by atoms with Crippen molar-refractivity contribution < 1.29 is 15.0 Å². The molecule has 1 saturated heterocycles. The summed E-state index contributed by atoms with van der Waals surface area (Å²) >= 11 is 18.8. The first kappa shape index (κ1) is 21.8. The van der Waals surface area contributed by atoms with E-state index < -0.39 is 5.97 Å². The normalized spacial score (nSPS) is 15.4. The van der Waals surface area contributed by atoms with Crippen LogP contribution in [0, 0.1) is 5.92 Å². The van der Waals surface area contributed by atoms with E-state index in [9.17, 15) is 9.90 Å². The molecule has 1 aromatic heterocycles. The van der Waals surface area contributed by atoms with Gasteiger partial charge in [0.15, 0.2) is 5.11 Å². The van der Waals surface area contributed by atoms with E-state index in [-0.39, 0.29) is 11.7 Å². The number of nitrogens with zero attached hydrogens (tertiary/aromatic N) is 2. The third-order valence-electron chi connectivity index (χ3n) is 4.79. The van der Waals surface area contributed by atoms with Gasteiger partial charge < -0.3 is 15.1 Å². The van der Waals surface area contributed by atoms with E-state index in [1.165, 1.54) is 11.3 Å². The monoisotopic (exact) mass is 471 g/mol. The van der Waals surface area contributed by atoms with Crippen LogP contribution in [-0.4, -0.2) is 45.0 Å². The Balaban J connectivity index is 1.67. The maximum absolute atomic E-state index is 11.0. The quantitative estimate of drug-likeness (QED) is 0.336. The summed E-state index contributed by atoms with van der Waals surface area (Å²) in [7, 11) is 0. The molecule has 0 radical (unpaired) electrons. The van der Waals surface area contributed by atoms with Gasteiger partial charge in [0, 0.05) is 18.5 Å². The van der Waals surface area contributed by atoms with E-state index in [1.54, 1.807) is 25.1 Å². The highest BCUT2D eigenvalue weighted by molar-refractivity contribution is 7.80. The van der Waals surface area contributed by atoms with E-state index in [0.717, 1.165) is 5.56 Å². The van der Waals surface area contributed by atoms with Gasteiger partial charge in [-0.3, -0.25) is 10.2 Å². The van der Waals surface area contributed by atoms with Crippen LogP contribution in [0.15, 0.2) is 28.7 Å². The van der Waals surface area contributed by atoms with Crippen LogP contribution >= 0.6 is 46.8 Å². The number of nitrogens with one attached hydrogen (secondary N) is 1. The number of likely N-dealkylation sites (tertiary alicyclic amines) is 1. The van der Waals surface area contributed by atoms with Crippen molar-refractivity contribution in [3.63, 3.8) is 0 Å². The largest absolute Gasteiger partial charge is 0.506 e. The van der Waals surface area contributed by atoms with Crippen molar-refractivity contribution >= 4 is 63.5 Å². The average Bonchev–Trinajstić information content (AvgIpc) is 3.09. The molecule has 1 aliphatic heterocycles. The van der Waals surface area contributed by atoms with E-state index >= 15 is 0 Å². The van der Waals surface area contributed by atoms with Gasteiger partial charge in [0.25, 0.3) is 0 Å². The summed E-state index contributed by atoms with van der Waals surface area (Å²) < 4.78 is 0. The number of carbonyl (C=O) groups is 1. The number of piperidine rings is 1. The zero-order valence-electron chi connectivity index (χ0n) is 15.5. The number of hydrazone groups is 1. The van der Waals surface area contributed by atoms with Crippen LogP contribution in [0.25, 0.3) is 10.4 Å². The van der Waals surface area contributed by atoms with Gasteiger partial charge >= 0.3 is 5.97 Å². The first-order valence-electron chi connectivity index (χ1n) is 8.86. The highest BCUT2D eigenvalue weighted by Crippen LogP contribution is 2.40. The van der Waals surface area contributed by atoms with Crippen molar-refractivity contribution in [2.75, 3.05) is 13.1 Å². The van der Waals surface area contributed by atoms with Gasteiger partial charge in [-0.15, -0.1) is 11.3 Å². The lowest BCUT2D eigenvalue weighted by Crippen LogP contribution is -2.44. The molecule has 3 rings (SSSR count). The van der Waals surface area contributed by atoms with Gasteiger partial charge in [0.05, 0.1) is 32.1 Å². The second-order valence-electron chi connectivity index (χ2n) is 6.67. The van der Waals surface area contributed by atoms with Crippen LogP contribution in [0.2, 0.25) is 10.0 Å². The summed E-state index contributed by atoms with van der Waals surface area (Å²) in [6.45, 7) is 2.91. The number of hydrogen-bond acceptors (Lipinski definition) is 5. The minimum Gasteiger partial charge on any atom is -0.506 e. The molecule has 3 N–H and O–H groups in total. The molecule has 154 valence electrons. The molecular formula is C19H19Cl2N3O3S2. The summed E-state index contributed by atoms with van der Waals surface area (Å²) in [6, 6.07) is 5.19. The Morgan fingerprint density at radius 1 is 1.31 bits per heavy atom. The number of benzene rings is 1. The van der Waals surface area contributed by atoms with Crippen molar-refractivity contribution in [3.05, 3.63) is 39.2 Å². The number of carboxylic acid groups (broad SMARTS) is 1. The molecule has 6 nitrogen and oxygen atoms in total. The van der Waals surface area contributed by atoms with Crippen LogP contribution in [0.1, 0.15) is 25.3 Å². The maximum Gasteiger partial charge on any atom is 0.306 e. The Morgan fingerprint density at radius 3 is 2.62 bits per heavy atom. The van der Waals surface area contributed by atoms with Crippen molar-refractivity contribution in [1.82, 2.24) is 10.3 Å². The number of aliphatic carboxylic acids is 1. The lowest BCUT2D eigenvalue weighted by molar-refractivity contribution is -0.143. The molecule has 0 aliphatic carbocycles. The minimum atomic E-state index is -0.761. The van der Waals surface area contributed by atoms with Crippen molar-refractivity contribution in [3.8, 4) is 16.2 Å². The van der Waals surface area contributed by atoms with Gasteiger partial charge in [-0.1, -0.05) is 29.3 Å². The zero-order chi connectivity index (χ0) is 21.1. The van der Waals surface area contributed by atoms with Crippen LogP contribution in [0.3, 0.4) is 0 Å². The summed E-state index contributed by atoms with van der Waals surface area (Å²) in [6.07, 6.45) is 1.11. The molecular weight excluding hydrogens is 453 g/mol.